The van der Waals surface area contributed by atoms with E-state index in [1.54, 1.807) is 0 Å². The Labute approximate surface area is 150 Å². The molecule has 138 valence electrons. The van der Waals surface area contributed by atoms with Crippen molar-refractivity contribution in [1.29, 1.82) is 0 Å². The fourth-order valence-electron chi connectivity index (χ4n) is 3.15. The highest BCUT2D eigenvalue weighted by atomic mass is 32.2. The maximum atomic E-state index is 11.7. The molecule has 1 aromatic rings. The minimum absolute atomic E-state index is 0.00779. The normalized spacial score (nSPS) is 19.3. The predicted octanol–water partition coefficient (Wildman–Crippen LogP) is 0.316. The summed E-state index contributed by atoms with van der Waals surface area (Å²) in [5.74, 6) is 1.99. The zero-order valence-corrected chi connectivity index (χ0v) is 15.3. The van der Waals surface area contributed by atoms with Crippen LogP contribution in [0.4, 0.5) is 17.5 Å². The van der Waals surface area contributed by atoms with Crippen molar-refractivity contribution in [2.24, 2.45) is 0 Å². The van der Waals surface area contributed by atoms with Crippen molar-refractivity contribution in [1.82, 2.24) is 15.3 Å². The van der Waals surface area contributed by atoms with Crippen molar-refractivity contribution in [3.63, 3.8) is 0 Å². The molecule has 0 amide bonds. The van der Waals surface area contributed by atoms with E-state index in [-0.39, 0.29) is 10.6 Å². The molecule has 2 aliphatic rings. The first-order valence-electron chi connectivity index (χ1n) is 8.71. The molecule has 3 rings (SSSR count). The number of aromatic nitrogens is 2. The monoisotopic (exact) mass is 368 g/mol. The maximum Gasteiger partial charge on any atom is 0.332 e. The van der Waals surface area contributed by atoms with E-state index in [2.05, 4.69) is 20.2 Å². The van der Waals surface area contributed by atoms with E-state index >= 15 is 0 Å². The molecule has 10 heteroatoms. The van der Waals surface area contributed by atoms with Crippen molar-refractivity contribution >= 4 is 28.6 Å². The molecule has 1 N–H and O–H groups in total. The van der Waals surface area contributed by atoms with E-state index in [1.165, 1.54) is 0 Å². The van der Waals surface area contributed by atoms with E-state index in [9.17, 15) is 14.7 Å². The van der Waals surface area contributed by atoms with Crippen molar-refractivity contribution in [3.8, 4) is 0 Å². The molecule has 0 bridgehead atoms. The molecule has 2 fully saturated rings. The van der Waals surface area contributed by atoms with E-state index in [1.807, 2.05) is 11.8 Å². The van der Waals surface area contributed by atoms with Crippen LogP contribution >= 0.6 is 0 Å². The van der Waals surface area contributed by atoms with Crippen molar-refractivity contribution < 1.29 is 9.48 Å². The van der Waals surface area contributed by atoms with E-state index in [4.69, 9.17) is 0 Å². The van der Waals surface area contributed by atoms with Crippen LogP contribution in [0.15, 0.2) is 0 Å². The first kappa shape index (κ1) is 18.2. The Balaban J connectivity index is 2.01. The number of nitrogens with one attached hydrogen (secondary N) is 1. The van der Waals surface area contributed by atoms with Gasteiger partial charge in [0.2, 0.25) is 11.8 Å². The highest BCUT2D eigenvalue weighted by molar-refractivity contribution is 7.91. The van der Waals surface area contributed by atoms with Gasteiger partial charge in [0.15, 0.2) is 0 Å². The third-order valence-corrected chi connectivity index (χ3v) is 5.75. The van der Waals surface area contributed by atoms with Crippen molar-refractivity contribution in [3.05, 3.63) is 15.8 Å². The largest absolute Gasteiger partial charge is 0.616 e. The van der Waals surface area contributed by atoms with Crippen LogP contribution in [0, 0.1) is 10.1 Å². The second-order valence-corrected chi connectivity index (χ2v) is 7.92. The number of hydrogen-bond acceptors (Lipinski definition) is 8. The summed E-state index contributed by atoms with van der Waals surface area (Å²) in [6.07, 6.45) is 1.33. The SMILES string of the molecule is CCCc1nc(N2CCNCC2)nc(N2CC[S+]([O-])CC2)c1[N+](=O)[O-]. The van der Waals surface area contributed by atoms with E-state index < -0.39 is 11.2 Å². The molecule has 0 unspecified atom stereocenters. The molecular weight excluding hydrogens is 344 g/mol. The first-order valence-corrected chi connectivity index (χ1v) is 10.2. The van der Waals surface area contributed by atoms with Crippen LogP contribution in [0.2, 0.25) is 0 Å². The topological polar surface area (TPSA) is 110 Å². The smallest absolute Gasteiger partial charge is 0.332 e. The Bertz CT molecular complexity index is 618. The summed E-state index contributed by atoms with van der Waals surface area (Å²) < 4.78 is 11.6. The van der Waals surface area contributed by atoms with Gasteiger partial charge in [-0.1, -0.05) is 24.5 Å². The van der Waals surface area contributed by atoms with Gasteiger partial charge in [0, 0.05) is 26.2 Å². The summed E-state index contributed by atoms with van der Waals surface area (Å²) in [7, 11) is 0. The quantitative estimate of drug-likeness (QED) is 0.449. The summed E-state index contributed by atoms with van der Waals surface area (Å²) >= 11 is -0.844. The molecule has 3 heterocycles. The molecular formula is C15H24N6O3S. The second-order valence-electron chi connectivity index (χ2n) is 6.22. The molecule has 9 nitrogen and oxygen atoms in total. The van der Waals surface area contributed by atoms with Gasteiger partial charge in [-0.15, -0.1) is 0 Å². The summed E-state index contributed by atoms with van der Waals surface area (Å²) in [6, 6.07) is 0. The molecule has 0 aliphatic carbocycles. The second kappa shape index (κ2) is 8.15. The van der Waals surface area contributed by atoms with Gasteiger partial charge in [-0.2, -0.15) is 4.98 Å². The third kappa shape index (κ3) is 4.13. The Morgan fingerprint density at radius 1 is 1.16 bits per heavy atom. The average Bonchev–Trinajstić information content (AvgIpc) is 2.62. The Hall–Kier alpha value is -1.65. The third-order valence-electron chi connectivity index (χ3n) is 4.47. The molecule has 25 heavy (non-hydrogen) atoms. The van der Waals surface area contributed by atoms with Gasteiger partial charge < -0.3 is 19.7 Å². The maximum absolute atomic E-state index is 11.7. The van der Waals surface area contributed by atoms with Gasteiger partial charge in [-0.3, -0.25) is 10.1 Å². The summed E-state index contributed by atoms with van der Waals surface area (Å²) in [5, 5.41) is 15.0. The predicted molar refractivity (Wildman–Crippen MR) is 97.9 cm³/mol. The number of anilines is 2. The van der Waals surface area contributed by atoms with Crippen LogP contribution in [0.5, 0.6) is 0 Å². The summed E-state index contributed by atoms with van der Waals surface area (Å²) in [6.45, 7) is 6.30. The zero-order chi connectivity index (χ0) is 17.8. The zero-order valence-electron chi connectivity index (χ0n) is 14.4. The van der Waals surface area contributed by atoms with Crippen molar-refractivity contribution in [2.75, 3.05) is 60.6 Å². The molecule has 0 radical (unpaired) electrons. The van der Waals surface area contributed by atoms with Crippen LogP contribution in [0.1, 0.15) is 19.0 Å². The van der Waals surface area contributed by atoms with Gasteiger partial charge in [-0.05, 0) is 6.42 Å². The minimum Gasteiger partial charge on any atom is -0.616 e. The Kier molecular flexibility index (Phi) is 5.92. The average molecular weight is 368 g/mol. The van der Waals surface area contributed by atoms with Gasteiger partial charge in [0.05, 0.1) is 18.0 Å². The molecule has 2 aliphatic heterocycles. The van der Waals surface area contributed by atoms with Crippen LogP contribution in [0.25, 0.3) is 0 Å². The Morgan fingerprint density at radius 3 is 2.44 bits per heavy atom. The molecule has 2 saturated heterocycles. The number of nitrogens with zero attached hydrogens (tertiary/aromatic N) is 5. The van der Waals surface area contributed by atoms with Gasteiger partial charge >= 0.3 is 5.69 Å². The highest BCUT2D eigenvalue weighted by Gasteiger charge is 2.32. The van der Waals surface area contributed by atoms with Crippen LogP contribution in [-0.2, 0) is 17.6 Å². The van der Waals surface area contributed by atoms with Crippen molar-refractivity contribution in [2.45, 2.75) is 19.8 Å². The summed E-state index contributed by atoms with van der Waals surface area (Å²) in [4.78, 5) is 24.4. The fourth-order valence-corrected chi connectivity index (χ4v) is 4.20. The van der Waals surface area contributed by atoms with E-state index in [0.717, 1.165) is 32.6 Å². The van der Waals surface area contributed by atoms with Gasteiger partial charge in [-0.25, -0.2) is 4.98 Å². The van der Waals surface area contributed by atoms with Crippen LogP contribution in [0.3, 0.4) is 0 Å². The van der Waals surface area contributed by atoms with Crippen LogP contribution < -0.4 is 15.1 Å². The summed E-state index contributed by atoms with van der Waals surface area (Å²) in [5.41, 5.74) is 0.506. The lowest BCUT2D eigenvalue weighted by molar-refractivity contribution is -0.385. The molecule has 0 aromatic carbocycles. The highest BCUT2D eigenvalue weighted by Crippen LogP contribution is 2.33. The lowest BCUT2D eigenvalue weighted by Gasteiger charge is -2.31. The molecule has 0 saturated carbocycles. The Morgan fingerprint density at radius 2 is 1.84 bits per heavy atom. The van der Waals surface area contributed by atoms with Crippen LogP contribution in [-0.4, -0.2) is 70.2 Å². The van der Waals surface area contributed by atoms with Gasteiger partial charge in [0.25, 0.3) is 0 Å². The van der Waals surface area contributed by atoms with Gasteiger partial charge in [0.1, 0.15) is 17.2 Å². The van der Waals surface area contributed by atoms with E-state index in [0.29, 0.717) is 48.5 Å². The standard InChI is InChI=1S/C15H24N6O3S/c1-2-3-12-13(21(22)23)14(19-8-10-25(24)11-9-19)18-15(17-12)20-6-4-16-5-7-20/h16H,2-11H2,1H3. The number of piperazine rings is 1. The number of rotatable bonds is 5. The molecule has 0 spiro atoms. The lowest BCUT2D eigenvalue weighted by atomic mass is 10.2. The number of hydrogen-bond donors (Lipinski definition) is 1. The molecule has 1 aromatic heterocycles. The number of aryl methyl sites for hydroxylation is 1. The number of nitro groups is 1. The molecule has 0 atom stereocenters. The fraction of sp³-hybridized carbons (Fsp3) is 0.733. The lowest BCUT2D eigenvalue weighted by Crippen LogP contribution is -2.45. The minimum atomic E-state index is -0.844. The first-order chi connectivity index (χ1) is 12.1.